The van der Waals surface area contributed by atoms with Crippen LogP contribution in [0.1, 0.15) is 81.1 Å². The minimum atomic E-state index is 0.131. The van der Waals surface area contributed by atoms with Crippen molar-refractivity contribution in [1.82, 2.24) is 19.9 Å². The second kappa shape index (κ2) is 10.1. The van der Waals surface area contributed by atoms with Crippen molar-refractivity contribution < 1.29 is 0 Å². The lowest BCUT2D eigenvalue weighted by atomic mass is 9.73. The number of halogens is 1. The van der Waals surface area contributed by atoms with Gasteiger partial charge < -0.3 is 10.6 Å². The van der Waals surface area contributed by atoms with Gasteiger partial charge >= 0.3 is 0 Å². The average Bonchev–Trinajstić information content (AvgIpc) is 3.56. The maximum atomic E-state index is 6.66. The number of nitrogens with zero attached hydrogens (tertiary/aromatic N) is 6. The second-order valence-electron chi connectivity index (χ2n) is 12.0. The van der Waals surface area contributed by atoms with Crippen molar-refractivity contribution in [2.24, 2.45) is 15.8 Å². The first-order valence-corrected chi connectivity index (χ1v) is 15.4. The molecule has 6 rings (SSSR count). The lowest BCUT2D eigenvalue weighted by Crippen LogP contribution is -2.42. The number of hydrogen-bond acceptors (Lipinski definition) is 9. The number of piperidine rings is 1. The van der Waals surface area contributed by atoms with Crippen LogP contribution in [0.15, 0.2) is 38.9 Å². The third-order valence-corrected chi connectivity index (χ3v) is 10.4. The molecule has 2 fully saturated rings. The minimum Gasteiger partial charge on any atom is -0.381 e. The van der Waals surface area contributed by atoms with Crippen LogP contribution in [0.4, 0.5) is 11.6 Å². The van der Waals surface area contributed by atoms with E-state index < -0.39 is 0 Å². The summed E-state index contributed by atoms with van der Waals surface area (Å²) in [6.45, 7) is 8.58. The van der Waals surface area contributed by atoms with Gasteiger partial charge in [0.15, 0.2) is 5.82 Å². The monoisotopic (exact) mass is 567 g/mol. The summed E-state index contributed by atoms with van der Waals surface area (Å²) in [7, 11) is 0. The van der Waals surface area contributed by atoms with Gasteiger partial charge in [-0.05, 0) is 50.0 Å². The van der Waals surface area contributed by atoms with Gasteiger partial charge in [0.25, 0.3) is 0 Å². The number of aromatic nitrogens is 4. The molecule has 0 bridgehead atoms. The third kappa shape index (κ3) is 5.17. The zero-order valence-corrected chi connectivity index (χ0v) is 24.5. The third-order valence-electron chi connectivity index (χ3n) is 7.86. The maximum absolute atomic E-state index is 6.66. The molecule has 0 radical (unpaired) electrons. The fraction of sp³-hybridized carbons (Fsp3) is 0.536. The number of hydrogen-bond donors (Lipinski definition) is 1. The van der Waals surface area contributed by atoms with E-state index in [0.717, 1.165) is 68.0 Å². The molecule has 1 aliphatic heterocycles. The molecule has 7 nitrogen and oxygen atoms in total. The molecule has 0 aromatic carbocycles. The molecular weight excluding hydrogens is 534 g/mol. The lowest BCUT2D eigenvalue weighted by Gasteiger charge is -2.42. The molecule has 2 aliphatic carbocycles. The molecular formula is C28H34ClN7S2. The van der Waals surface area contributed by atoms with Crippen molar-refractivity contribution in [1.29, 1.82) is 0 Å². The number of anilines is 2. The van der Waals surface area contributed by atoms with Crippen LogP contribution in [-0.4, -0.2) is 39.2 Å². The van der Waals surface area contributed by atoms with Crippen LogP contribution in [-0.2, 0) is 6.42 Å². The first-order valence-electron chi connectivity index (χ1n) is 13.4. The molecule has 200 valence electrons. The van der Waals surface area contributed by atoms with Crippen molar-refractivity contribution in [3.05, 3.63) is 45.3 Å². The van der Waals surface area contributed by atoms with Crippen LogP contribution in [0.2, 0.25) is 5.02 Å². The Kier molecular flexibility index (Phi) is 6.89. The highest BCUT2D eigenvalue weighted by Gasteiger charge is 2.49. The lowest BCUT2D eigenvalue weighted by molar-refractivity contribution is 0.189. The fourth-order valence-electron chi connectivity index (χ4n) is 5.51. The van der Waals surface area contributed by atoms with E-state index >= 15 is 0 Å². The maximum Gasteiger partial charge on any atom is 0.158 e. The van der Waals surface area contributed by atoms with Crippen LogP contribution < -0.4 is 10.6 Å². The standard InChI is InChI=1S/C28H34ClN7S2/c1-27(2,3)7-11-32-24-23-18(34-16-37-23)14-28(24)8-12-36(13-9-28)20-15-33-26(25(30)35-20)38-19-6-10-31-22(21(19)29)17-4-5-17/h6,10-11,15-17,24H,4-5,7-9,12-14H2,1-3H3,(H2,30,35)/t24-/m1/s1. The summed E-state index contributed by atoms with van der Waals surface area (Å²) in [4.78, 5) is 28.4. The first-order chi connectivity index (χ1) is 18.2. The van der Waals surface area contributed by atoms with Crippen molar-refractivity contribution in [3.8, 4) is 0 Å². The molecule has 10 heteroatoms. The topological polar surface area (TPSA) is 93.2 Å². The second-order valence-corrected chi connectivity index (χ2v) is 14.3. The number of thiazole rings is 1. The highest BCUT2D eigenvalue weighted by Crippen LogP contribution is 2.55. The smallest absolute Gasteiger partial charge is 0.158 e. The van der Waals surface area contributed by atoms with Crippen LogP contribution in [0.3, 0.4) is 0 Å². The molecule has 3 aliphatic rings. The Bertz CT molecular complexity index is 1350. The Morgan fingerprint density at radius 1 is 1.24 bits per heavy atom. The van der Waals surface area contributed by atoms with Gasteiger partial charge in [-0.1, -0.05) is 44.1 Å². The van der Waals surface area contributed by atoms with Gasteiger partial charge in [0, 0.05) is 41.7 Å². The zero-order valence-electron chi connectivity index (χ0n) is 22.2. The summed E-state index contributed by atoms with van der Waals surface area (Å²) in [6, 6.07) is 2.13. The van der Waals surface area contributed by atoms with Crippen LogP contribution in [0, 0.1) is 10.8 Å². The van der Waals surface area contributed by atoms with Gasteiger partial charge in [-0.3, -0.25) is 9.98 Å². The molecule has 38 heavy (non-hydrogen) atoms. The van der Waals surface area contributed by atoms with Gasteiger partial charge in [-0.2, -0.15) is 0 Å². The molecule has 3 aromatic rings. The van der Waals surface area contributed by atoms with E-state index in [2.05, 4.69) is 41.9 Å². The summed E-state index contributed by atoms with van der Waals surface area (Å²) in [5, 5.41) is 1.39. The Labute approximate surface area is 237 Å². The van der Waals surface area contributed by atoms with Crippen LogP contribution >= 0.6 is 34.7 Å². The van der Waals surface area contributed by atoms with Crippen molar-refractivity contribution in [2.75, 3.05) is 23.7 Å². The van der Waals surface area contributed by atoms with Gasteiger partial charge in [0.05, 0.1) is 39.0 Å². The number of nitrogen functional groups attached to an aromatic ring is 1. The predicted molar refractivity (Wildman–Crippen MR) is 157 cm³/mol. The van der Waals surface area contributed by atoms with E-state index in [1.807, 2.05) is 24.0 Å². The molecule has 3 aromatic heterocycles. The van der Waals surface area contributed by atoms with E-state index in [9.17, 15) is 0 Å². The summed E-state index contributed by atoms with van der Waals surface area (Å²) in [5.41, 5.74) is 11.0. The Balaban J connectivity index is 1.15. The van der Waals surface area contributed by atoms with Gasteiger partial charge in [0.2, 0.25) is 0 Å². The average molecular weight is 568 g/mol. The normalized spacial score (nSPS) is 20.9. The van der Waals surface area contributed by atoms with Gasteiger partial charge in [-0.15, -0.1) is 11.3 Å². The molecule has 1 spiro atoms. The summed E-state index contributed by atoms with van der Waals surface area (Å²) >= 11 is 9.88. The Morgan fingerprint density at radius 3 is 2.74 bits per heavy atom. The Hall–Kier alpha value is -2.23. The minimum absolute atomic E-state index is 0.131. The van der Waals surface area contributed by atoms with Crippen LogP contribution in [0.25, 0.3) is 0 Å². The van der Waals surface area contributed by atoms with Crippen molar-refractivity contribution in [3.63, 3.8) is 0 Å². The first kappa shape index (κ1) is 26.0. The number of nitrogens with two attached hydrogens (primary N) is 1. The van der Waals surface area contributed by atoms with E-state index in [1.165, 1.54) is 22.3 Å². The number of fused-ring (bicyclic) bond motifs is 1. The zero-order chi connectivity index (χ0) is 26.5. The highest BCUT2D eigenvalue weighted by atomic mass is 35.5. The van der Waals surface area contributed by atoms with E-state index in [4.69, 9.17) is 32.3 Å². The SMILES string of the molecule is CC(C)(C)CC=N[C@@H]1c2scnc2CC12CCN(c1cnc(Sc3ccnc(C4CC4)c3Cl)c(N)n1)CC2. The van der Waals surface area contributed by atoms with E-state index in [1.54, 1.807) is 11.3 Å². The summed E-state index contributed by atoms with van der Waals surface area (Å²) in [5.74, 6) is 1.76. The number of rotatable bonds is 6. The molecule has 1 saturated carbocycles. The molecule has 0 amide bonds. The van der Waals surface area contributed by atoms with Gasteiger partial charge in [0.1, 0.15) is 10.8 Å². The molecule has 0 unspecified atom stereocenters. The van der Waals surface area contributed by atoms with Gasteiger partial charge in [-0.25, -0.2) is 15.0 Å². The highest BCUT2D eigenvalue weighted by molar-refractivity contribution is 7.99. The quantitative estimate of drug-likeness (QED) is 0.321. The van der Waals surface area contributed by atoms with Crippen molar-refractivity contribution in [2.45, 2.75) is 81.2 Å². The van der Waals surface area contributed by atoms with Crippen molar-refractivity contribution >= 4 is 52.5 Å². The summed E-state index contributed by atoms with van der Waals surface area (Å²) < 4.78 is 0. The fourth-order valence-corrected chi connectivity index (χ4v) is 7.67. The molecule has 2 N–H and O–H groups in total. The Morgan fingerprint density at radius 2 is 2.03 bits per heavy atom. The molecule has 1 atom stereocenters. The molecule has 4 heterocycles. The van der Waals surface area contributed by atoms with E-state index in [0.29, 0.717) is 21.8 Å². The van der Waals surface area contributed by atoms with Crippen LogP contribution in [0.5, 0.6) is 0 Å². The largest absolute Gasteiger partial charge is 0.381 e. The predicted octanol–water partition coefficient (Wildman–Crippen LogP) is 6.98. The molecule has 1 saturated heterocycles. The van der Waals surface area contributed by atoms with E-state index in [-0.39, 0.29) is 16.9 Å². The number of pyridine rings is 1. The number of aliphatic imine (C=N–C) groups is 1. The summed E-state index contributed by atoms with van der Waals surface area (Å²) in [6.07, 6.45) is 12.2.